The zero-order valence-corrected chi connectivity index (χ0v) is 18.1. The van der Waals surface area contributed by atoms with Crippen molar-refractivity contribution in [3.63, 3.8) is 0 Å². The van der Waals surface area contributed by atoms with Gasteiger partial charge in [-0.3, -0.25) is 19.4 Å². The first kappa shape index (κ1) is 22.3. The lowest BCUT2D eigenvalue weighted by atomic mass is 10.1. The van der Waals surface area contributed by atoms with E-state index < -0.39 is 0 Å². The summed E-state index contributed by atoms with van der Waals surface area (Å²) in [5, 5.41) is 6.57. The molecule has 2 amide bonds. The van der Waals surface area contributed by atoms with Crippen LogP contribution in [0.5, 0.6) is 0 Å². The molecule has 0 aromatic heterocycles. The Morgan fingerprint density at radius 1 is 1.00 bits per heavy atom. The lowest BCUT2D eigenvalue weighted by Gasteiger charge is -2.29. The maximum Gasteiger partial charge on any atom is 0.238 e. The predicted octanol–water partition coefficient (Wildman–Crippen LogP) is 3.16. The van der Waals surface area contributed by atoms with Crippen LogP contribution >= 0.6 is 11.6 Å². The third-order valence-electron chi connectivity index (χ3n) is 5.22. The number of hydrogen-bond donors (Lipinski definition) is 2. The number of halogens is 1. The quantitative estimate of drug-likeness (QED) is 0.644. The largest absolute Gasteiger partial charge is 0.353 e. The van der Waals surface area contributed by atoms with Crippen LogP contribution in [-0.4, -0.2) is 61.4 Å². The fourth-order valence-corrected chi connectivity index (χ4v) is 4.03. The average Bonchev–Trinajstić information content (AvgIpc) is 3.24. The number of likely N-dealkylation sites (tertiary alicyclic amines) is 1. The molecule has 30 heavy (non-hydrogen) atoms. The number of nitrogens with one attached hydrogen (secondary N) is 2. The molecule has 2 aromatic rings. The number of para-hydroxylation sites is 1. The molecule has 3 rings (SSSR count). The first-order valence-electron chi connectivity index (χ1n) is 10.3. The number of anilines is 1. The third kappa shape index (κ3) is 6.55. The molecule has 6 nitrogen and oxygen atoms in total. The van der Waals surface area contributed by atoms with Crippen molar-refractivity contribution >= 4 is 29.1 Å². The predicted molar refractivity (Wildman–Crippen MR) is 121 cm³/mol. The van der Waals surface area contributed by atoms with Crippen molar-refractivity contribution in [2.24, 2.45) is 0 Å². The van der Waals surface area contributed by atoms with Gasteiger partial charge in [-0.1, -0.05) is 48.0 Å². The second kappa shape index (κ2) is 11.1. The first-order chi connectivity index (χ1) is 14.5. The molecule has 1 atom stereocenters. The number of benzene rings is 2. The normalized spacial score (nSPS) is 15.2. The molecule has 0 saturated carbocycles. The minimum Gasteiger partial charge on any atom is -0.353 e. The fraction of sp³-hybridized carbons (Fsp3) is 0.391. The Morgan fingerprint density at radius 3 is 2.33 bits per heavy atom. The van der Waals surface area contributed by atoms with Gasteiger partial charge in [-0.25, -0.2) is 0 Å². The highest BCUT2D eigenvalue weighted by atomic mass is 35.5. The third-order valence-corrected chi connectivity index (χ3v) is 5.57. The maximum absolute atomic E-state index is 12.5. The Kier molecular flexibility index (Phi) is 8.25. The van der Waals surface area contributed by atoms with Gasteiger partial charge in [0, 0.05) is 17.3 Å². The van der Waals surface area contributed by atoms with E-state index in [9.17, 15) is 9.59 Å². The van der Waals surface area contributed by atoms with Crippen LogP contribution in [0.25, 0.3) is 0 Å². The molecule has 1 heterocycles. The highest BCUT2D eigenvalue weighted by molar-refractivity contribution is 6.31. The van der Waals surface area contributed by atoms with Crippen LogP contribution in [-0.2, 0) is 9.59 Å². The molecule has 2 N–H and O–H groups in total. The molecule has 0 spiro atoms. The van der Waals surface area contributed by atoms with Gasteiger partial charge < -0.3 is 10.6 Å². The number of likely N-dealkylation sites (N-methyl/N-ethyl adjacent to an activating group) is 1. The van der Waals surface area contributed by atoms with Crippen LogP contribution in [0.15, 0.2) is 54.6 Å². The topological polar surface area (TPSA) is 64.7 Å². The second-order valence-electron chi connectivity index (χ2n) is 7.67. The Morgan fingerprint density at radius 2 is 1.63 bits per heavy atom. The van der Waals surface area contributed by atoms with E-state index in [1.807, 2.05) is 54.6 Å². The molecule has 0 bridgehead atoms. The number of rotatable bonds is 9. The Balaban J connectivity index is 1.50. The molecule has 1 aliphatic heterocycles. The van der Waals surface area contributed by atoms with Crippen molar-refractivity contribution in [2.45, 2.75) is 18.9 Å². The van der Waals surface area contributed by atoms with Crippen LogP contribution in [0.2, 0.25) is 5.02 Å². The van der Waals surface area contributed by atoms with Gasteiger partial charge in [0.05, 0.1) is 19.1 Å². The van der Waals surface area contributed by atoms with Crippen molar-refractivity contribution in [1.29, 1.82) is 0 Å². The summed E-state index contributed by atoms with van der Waals surface area (Å²) in [6.07, 6.45) is 2.32. The van der Waals surface area contributed by atoms with E-state index in [4.69, 9.17) is 11.6 Å². The van der Waals surface area contributed by atoms with Crippen molar-refractivity contribution in [1.82, 2.24) is 15.1 Å². The Labute approximate surface area is 183 Å². The molecule has 1 aliphatic rings. The van der Waals surface area contributed by atoms with Crippen LogP contribution in [0.1, 0.15) is 24.4 Å². The molecule has 1 fully saturated rings. The zero-order valence-electron chi connectivity index (χ0n) is 17.3. The monoisotopic (exact) mass is 428 g/mol. The van der Waals surface area contributed by atoms with Crippen molar-refractivity contribution in [3.05, 3.63) is 65.2 Å². The summed E-state index contributed by atoms with van der Waals surface area (Å²) >= 11 is 6.43. The van der Waals surface area contributed by atoms with E-state index >= 15 is 0 Å². The summed E-state index contributed by atoms with van der Waals surface area (Å²) in [6, 6.07) is 17.1. The van der Waals surface area contributed by atoms with Gasteiger partial charge in [0.1, 0.15) is 0 Å². The van der Waals surface area contributed by atoms with E-state index in [1.165, 1.54) is 0 Å². The minimum absolute atomic E-state index is 0.0526. The van der Waals surface area contributed by atoms with Gasteiger partial charge in [-0.2, -0.15) is 0 Å². The van der Waals surface area contributed by atoms with Gasteiger partial charge >= 0.3 is 0 Å². The number of hydrogen-bond acceptors (Lipinski definition) is 4. The van der Waals surface area contributed by atoms with Gasteiger partial charge in [-0.15, -0.1) is 0 Å². The lowest BCUT2D eigenvalue weighted by molar-refractivity contribution is -0.123. The van der Waals surface area contributed by atoms with E-state index in [0.717, 1.165) is 42.2 Å². The second-order valence-corrected chi connectivity index (χ2v) is 8.08. The molecule has 0 radical (unpaired) electrons. The SMILES string of the molecule is CN(CC(=O)NCC(c1ccccc1Cl)N1CCCC1)CC(=O)Nc1ccccc1. The fourth-order valence-electron chi connectivity index (χ4n) is 3.77. The van der Waals surface area contributed by atoms with Crippen LogP contribution < -0.4 is 10.6 Å². The molecule has 0 aliphatic carbocycles. The van der Waals surface area contributed by atoms with E-state index in [-0.39, 0.29) is 30.9 Å². The highest BCUT2D eigenvalue weighted by Crippen LogP contribution is 2.29. The van der Waals surface area contributed by atoms with E-state index in [1.54, 1.807) is 11.9 Å². The molecule has 1 unspecified atom stereocenters. The Bertz CT molecular complexity index is 840. The molecular formula is C23H29ClN4O2. The molecule has 2 aromatic carbocycles. The number of nitrogens with zero attached hydrogens (tertiary/aromatic N) is 2. The van der Waals surface area contributed by atoms with Crippen LogP contribution in [0, 0.1) is 0 Å². The molecule has 160 valence electrons. The molecule has 1 saturated heterocycles. The smallest absolute Gasteiger partial charge is 0.238 e. The summed E-state index contributed by atoms with van der Waals surface area (Å²) < 4.78 is 0. The van der Waals surface area contributed by atoms with E-state index in [0.29, 0.717) is 6.54 Å². The van der Waals surface area contributed by atoms with Crippen molar-refractivity contribution in [3.8, 4) is 0 Å². The zero-order chi connectivity index (χ0) is 21.3. The summed E-state index contributed by atoms with van der Waals surface area (Å²) in [5.41, 5.74) is 1.78. The minimum atomic E-state index is -0.150. The van der Waals surface area contributed by atoms with Gasteiger partial charge in [0.25, 0.3) is 0 Å². The summed E-state index contributed by atoms with van der Waals surface area (Å²) in [5.74, 6) is -0.260. The van der Waals surface area contributed by atoms with Crippen molar-refractivity contribution in [2.75, 3.05) is 45.1 Å². The lowest BCUT2D eigenvalue weighted by Crippen LogP contribution is -2.42. The summed E-state index contributed by atoms with van der Waals surface area (Å²) in [4.78, 5) is 28.7. The summed E-state index contributed by atoms with van der Waals surface area (Å²) in [6.45, 7) is 2.79. The van der Waals surface area contributed by atoms with Gasteiger partial charge in [0.2, 0.25) is 11.8 Å². The first-order valence-corrected chi connectivity index (χ1v) is 10.7. The van der Waals surface area contributed by atoms with E-state index in [2.05, 4.69) is 15.5 Å². The standard InChI is InChI=1S/C23H29ClN4O2/c1-27(17-23(30)26-18-9-3-2-4-10-18)16-22(29)25-15-21(28-13-7-8-14-28)19-11-5-6-12-20(19)24/h2-6,9-12,21H,7-8,13-17H2,1H3,(H,25,29)(H,26,30). The molecule has 7 heteroatoms. The Hall–Kier alpha value is -2.41. The highest BCUT2D eigenvalue weighted by Gasteiger charge is 2.25. The number of carbonyl (C=O) groups excluding carboxylic acids is 2. The number of carbonyl (C=O) groups is 2. The maximum atomic E-state index is 12.5. The van der Waals surface area contributed by atoms with Crippen molar-refractivity contribution < 1.29 is 9.59 Å². The van der Waals surface area contributed by atoms with Crippen LogP contribution in [0.4, 0.5) is 5.69 Å². The summed E-state index contributed by atoms with van der Waals surface area (Å²) in [7, 11) is 1.76. The van der Waals surface area contributed by atoms with Gasteiger partial charge in [-0.05, 0) is 56.7 Å². The average molecular weight is 429 g/mol. The number of amides is 2. The van der Waals surface area contributed by atoms with Crippen LogP contribution in [0.3, 0.4) is 0 Å². The molecular weight excluding hydrogens is 400 g/mol. The van der Waals surface area contributed by atoms with Gasteiger partial charge in [0.15, 0.2) is 0 Å².